The van der Waals surface area contributed by atoms with Crippen LogP contribution in [0, 0.1) is 0 Å². The van der Waals surface area contributed by atoms with Gasteiger partial charge in [-0.15, -0.1) is 11.3 Å². The normalized spacial score (nSPS) is 20.5. The Balaban J connectivity index is 1.92. The molecular weight excluding hydrogens is 234 g/mol. The second kappa shape index (κ2) is 5.60. The zero-order valence-electron chi connectivity index (χ0n) is 10.3. The van der Waals surface area contributed by atoms with Gasteiger partial charge in [-0.1, -0.05) is 20.3 Å². The number of amides is 1. The van der Waals surface area contributed by atoms with E-state index in [0.717, 1.165) is 19.4 Å². The van der Waals surface area contributed by atoms with Crippen molar-refractivity contribution < 1.29 is 4.79 Å². The molecule has 0 spiro atoms. The Bertz CT molecular complexity index is 383. The SMILES string of the molecule is CC(C)c1cnc(NC(=O)C2CCCCN2)s1. The molecule has 1 unspecified atom stereocenters. The maximum absolute atomic E-state index is 11.9. The standard InChI is InChI=1S/C12H19N3OS/c1-8(2)10-7-14-12(17-10)15-11(16)9-5-3-4-6-13-9/h7-9,13H,3-6H2,1-2H3,(H,14,15,16). The van der Waals surface area contributed by atoms with Crippen molar-refractivity contribution in [1.29, 1.82) is 0 Å². The number of hydrogen-bond donors (Lipinski definition) is 2. The summed E-state index contributed by atoms with van der Waals surface area (Å²) in [5.74, 6) is 0.514. The molecule has 1 atom stereocenters. The van der Waals surface area contributed by atoms with Crippen molar-refractivity contribution in [3.8, 4) is 0 Å². The molecule has 1 fully saturated rings. The molecule has 0 saturated carbocycles. The van der Waals surface area contributed by atoms with Gasteiger partial charge >= 0.3 is 0 Å². The van der Waals surface area contributed by atoms with Crippen molar-refractivity contribution in [2.45, 2.75) is 45.1 Å². The molecule has 1 aromatic heterocycles. The highest BCUT2D eigenvalue weighted by Gasteiger charge is 2.21. The highest BCUT2D eigenvalue weighted by atomic mass is 32.1. The van der Waals surface area contributed by atoms with Gasteiger partial charge in [-0.3, -0.25) is 4.79 Å². The number of rotatable bonds is 3. The number of carbonyl (C=O) groups is 1. The van der Waals surface area contributed by atoms with Gasteiger partial charge in [-0.25, -0.2) is 4.98 Å². The summed E-state index contributed by atoms with van der Waals surface area (Å²) in [6, 6.07) is -0.0462. The average Bonchev–Trinajstić information content (AvgIpc) is 2.79. The molecule has 2 N–H and O–H groups in total. The number of nitrogens with zero attached hydrogens (tertiary/aromatic N) is 1. The molecule has 2 rings (SSSR count). The van der Waals surface area contributed by atoms with Crippen LogP contribution in [0.1, 0.15) is 43.9 Å². The van der Waals surface area contributed by atoms with E-state index >= 15 is 0 Å². The quantitative estimate of drug-likeness (QED) is 0.869. The third kappa shape index (κ3) is 3.26. The van der Waals surface area contributed by atoms with E-state index in [1.807, 2.05) is 6.20 Å². The predicted molar refractivity (Wildman–Crippen MR) is 70.5 cm³/mol. The smallest absolute Gasteiger partial charge is 0.243 e. The lowest BCUT2D eigenvalue weighted by Gasteiger charge is -2.21. The first-order valence-electron chi connectivity index (χ1n) is 6.17. The lowest BCUT2D eigenvalue weighted by atomic mass is 10.0. The molecule has 1 aromatic rings. The van der Waals surface area contributed by atoms with Crippen LogP contribution in [-0.2, 0) is 4.79 Å². The summed E-state index contributed by atoms with van der Waals surface area (Å²) in [6.45, 7) is 5.19. The molecule has 4 nitrogen and oxygen atoms in total. The van der Waals surface area contributed by atoms with Gasteiger partial charge in [-0.2, -0.15) is 0 Å². The fourth-order valence-electron chi connectivity index (χ4n) is 1.88. The summed E-state index contributed by atoms with van der Waals surface area (Å²) in [5.41, 5.74) is 0. The second-order valence-electron chi connectivity index (χ2n) is 4.71. The van der Waals surface area contributed by atoms with Crippen LogP contribution < -0.4 is 10.6 Å². The van der Waals surface area contributed by atoms with E-state index in [1.165, 1.54) is 11.3 Å². The van der Waals surface area contributed by atoms with E-state index < -0.39 is 0 Å². The third-order valence-electron chi connectivity index (χ3n) is 2.95. The summed E-state index contributed by atoms with van der Waals surface area (Å²) in [5, 5.41) is 6.84. The average molecular weight is 253 g/mol. The maximum Gasteiger partial charge on any atom is 0.243 e. The number of thiazole rings is 1. The zero-order chi connectivity index (χ0) is 12.3. The lowest BCUT2D eigenvalue weighted by Crippen LogP contribution is -2.43. The van der Waals surface area contributed by atoms with Crippen LogP contribution in [0.2, 0.25) is 0 Å². The molecule has 0 aliphatic carbocycles. The number of hydrogen-bond acceptors (Lipinski definition) is 4. The van der Waals surface area contributed by atoms with Crippen LogP contribution in [0.15, 0.2) is 6.20 Å². The Labute approximate surface area is 106 Å². The van der Waals surface area contributed by atoms with Crippen LogP contribution in [0.25, 0.3) is 0 Å². The van der Waals surface area contributed by atoms with Gasteiger partial charge in [0.2, 0.25) is 5.91 Å². The molecule has 5 heteroatoms. The minimum absolute atomic E-state index is 0.0462. The van der Waals surface area contributed by atoms with Crippen molar-refractivity contribution in [2.75, 3.05) is 11.9 Å². The van der Waals surface area contributed by atoms with Gasteiger partial charge in [0.25, 0.3) is 0 Å². The first kappa shape index (κ1) is 12.5. The van der Waals surface area contributed by atoms with E-state index in [2.05, 4.69) is 29.5 Å². The van der Waals surface area contributed by atoms with E-state index in [1.54, 1.807) is 11.3 Å². The zero-order valence-corrected chi connectivity index (χ0v) is 11.1. The third-order valence-corrected chi connectivity index (χ3v) is 4.16. The van der Waals surface area contributed by atoms with Crippen molar-refractivity contribution in [2.24, 2.45) is 0 Å². The Kier molecular flexibility index (Phi) is 4.12. The fourth-order valence-corrected chi connectivity index (χ4v) is 2.70. The molecule has 94 valence electrons. The lowest BCUT2D eigenvalue weighted by molar-refractivity contribution is -0.118. The Morgan fingerprint density at radius 3 is 3.00 bits per heavy atom. The van der Waals surface area contributed by atoms with Crippen molar-refractivity contribution >= 4 is 22.4 Å². The van der Waals surface area contributed by atoms with Gasteiger partial charge in [0.1, 0.15) is 0 Å². The molecule has 0 radical (unpaired) electrons. The first-order chi connectivity index (χ1) is 8.16. The van der Waals surface area contributed by atoms with E-state index in [0.29, 0.717) is 11.0 Å². The van der Waals surface area contributed by atoms with Crippen LogP contribution in [0.5, 0.6) is 0 Å². The Hall–Kier alpha value is -0.940. The van der Waals surface area contributed by atoms with Crippen LogP contribution in [0.4, 0.5) is 5.13 Å². The summed E-state index contributed by atoms with van der Waals surface area (Å²) < 4.78 is 0. The Morgan fingerprint density at radius 2 is 2.41 bits per heavy atom. The van der Waals surface area contributed by atoms with Crippen LogP contribution in [0.3, 0.4) is 0 Å². The van der Waals surface area contributed by atoms with E-state index in [4.69, 9.17) is 0 Å². The number of piperidine rings is 1. The first-order valence-corrected chi connectivity index (χ1v) is 6.98. The molecular formula is C12H19N3OS. The minimum Gasteiger partial charge on any atom is -0.306 e. The number of aromatic nitrogens is 1. The van der Waals surface area contributed by atoms with Crippen molar-refractivity contribution in [3.63, 3.8) is 0 Å². The summed E-state index contributed by atoms with van der Waals surface area (Å²) in [4.78, 5) is 17.4. The molecule has 0 bridgehead atoms. The van der Waals surface area contributed by atoms with E-state index in [-0.39, 0.29) is 11.9 Å². The van der Waals surface area contributed by atoms with Gasteiger partial charge in [0.05, 0.1) is 6.04 Å². The second-order valence-corrected chi connectivity index (χ2v) is 5.78. The molecule has 1 aliphatic rings. The van der Waals surface area contributed by atoms with Crippen LogP contribution in [-0.4, -0.2) is 23.5 Å². The molecule has 1 aliphatic heterocycles. The van der Waals surface area contributed by atoms with E-state index in [9.17, 15) is 4.79 Å². The largest absolute Gasteiger partial charge is 0.306 e. The molecule has 1 amide bonds. The number of carbonyl (C=O) groups excluding carboxylic acids is 1. The molecule has 2 heterocycles. The van der Waals surface area contributed by atoms with Gasteiger partial charge in [0, 0.05) is 11.1 Å². The number of nitrogens with one attached hydrogen (secondary N) is 2. The fraction of sp³-hybridized carbons (Fsp3) is 0.667. The molecule has 1 saturated heterocycles. The highest BCUT2D eigenvalue weighted by molar-refractivity contribution is 7.15. The highest BCUT2D eigenvalue weighted by Crippen LogP contribution is 2.25. The van der Waals surface area contributed by atoms with Crippen molar-refractivity contribution in [3.05, 3.63) is 11.1 Å². The summed E-state index contributed by atoms with van der Waals surface area (Å²) >= 11 is 1.56. The van der Waals surface area contributed by atoms with Crippen LogP contribution >= 0.6 is 11.3 Å². The van der Waals surface area contributed by atoms with Gasteiger partial charge in [0.15, 0.2) is 5.13 Å². The molecule has 17 heavy (non-hydrogen) atoms. The summed E-state index contributed by atoms with van der Waals surface area (Å²) in [6.07, 6.45) is 5.06. The predicted octanol–water partition coefficient (Wildman–Crippen LogP) is 2.35. The van der Waals surface area contributed by atoms with Gasteiger partial charge in [-0.05, 0) is 25.3 Å². The maximum atomic E-state index is 11.9. The topological polar surface area (TPSA) is 54.0 Å². The Morgan fingerprint density at radius 1 is 1.59 bits per heavy atom. The monoisotopic (exact) mass is 253 g/mol. The number of anilines is 1. The molecule has 0 aromatic carbocycles. The van der Waals surface area contributed by atoms with Gasteiger partial charge < -0.3 is 10.6 Å². The summed E-state index contributed by atoms with van der Waals surface area (Å²) in [7, 11) is 0. The van der Waals surface area contributed by atoms with Crippen molar-refractivity contribution in [1.82, 2.24) is 10.3 Å². The minimum atomic E-state index is -0.0462.